The molecule has 1 rings (SSSR count). The molecule has 0 aromatic heterocycles. The summed E-state index contributed by atoms with van der Waals surface area (Å²) in [5, 5.41) is 2.36. The Balaban J connectivity index is 2.63. The highest BCUT2D eigenvalue weighted by Gasteiger charge is 2.40. The lowest BCUT2D eigenvalue weighted by molar-refractivity contribution is -0.157. The van der Waals surface area contributed by atoms with Crippen LogP contribution in [0, 0.1) is 0 Å². The summed E-state index contributed by atoms with van der Waals surface area (Å²) in [4.78, 5) is 0. The summed E-state index contributed by atoms with van der Waals surface area (Å²) in [5.41, 5.74) is 0.120. The zero-order chi connectivity index (χ0) is 14.5. The molecule has 7 heteroatoms. The van der Waals surface area contributed by atoms with E-state index in [0.29, 0.717) is 0 Å². The normalized spacial score (nSPS) is 14.3. The zero-order valence-electron chi connectivity index (χ0n) is 10.4. The third-order valence-corrected chi connectivity index (χ3v) is 3.53. The monoisotopic (exact) mass is 295 g/mol. The van der Waals surface area contributed by atoms with Crippen molar-refractivity contribution in [2.24, 2.45) is 0 Å². The highest BCUT2D eigenvalue weighted by molar-refractivity contribution is 7.90. The van der Waals surface area contributed by atoms with Crippen molar-refractivity contribution in [3.8, 4) is 0 Å². The molecule has 1 unspecified atom stereocenters. The van der Waals surface area contributed by atoms with Crippen LogP contribution < -0.4 is 5.32 Å². The van der Waals surface area contributed by atoms with Crippen molar-refractivity contribution in [1.29, 1.82) is 0 Å². The molecule has 0 aliphatic carbocycles. The second kappa shape index (κ2) is 6.38. The summed E-state index contributed by atoms with van der Waals surface area (Å²) in [6.45, 7) is -0.00780. The van der Waals surface area contributed by atoms with Crippen LogP contribution in [0.15, 0.2) is 30.3 Å². The lowest BCUT2D eigenvalue weighted by atomic mass is 10.1. The molecule has 0 aliphatic rings. The van der Waals surface area contributed by atoms with Crippen LogP contribution in [0.5, 0.6) is 0 Å². The minimum atomic E-state index is -4.41. The first-order chi connectivity index (χ1) is 8.70. The third kappa shape index (κ3) is 6.07. The number of benzene rings is 1. The van der Waals surface area contributed by atoms with Gasteiger partial charge in [-0.3, -0.25) is 0 Å². The van der Waals surface area contributed by atoms with Crippen LogP contribution >= 0.6 is 0 Å². The summed E-state index contributed by atoms with van der Waals surface area (Å²) < 4.78 is 60.4. The number of nitrogens with one attached hydrogen (secondary N) is 1. The first-order valence-electron chi connectivity index (χ1n) is 5.73. The SMILES string of the molecule is CS(=O)(=O)CCCNC(c1ccccc1)C(F)(F)F. The van der Waals surface area contributed by atoms with Gasteiger partial charge in [0.05, 0.1) is 5.75 Å². The van der Waals surface area contributed by atoms with Crippen LogP contribution in [0.25, 0.3) is 0 Å². The molecule has 1 atom stereocenters. The Bertz CT molecular complexity index is 485. The molecule has 0 heterocycles. The first-order valence-corrected chi connectivity index (χ1v) is 7.79. The predicted molar refractivity (Wildman–Crippen MR) is 67.6 cm³/mol. The van der Waals surface area contributed by atoms with Gasteiger partial charge in [-0.2, -0.15) is 13.2 Å². The van der Waals surface area contributed by atoms with Crippen molar-refractivity contribution in [3.05, 3.63) is 35.9 Å². The Hall–Kier alpha value is -1.08. The highest BCUT2D eigenvalue weighted by atomic mass is 32.2. The van der Waals surface area contributed by atoms with Gasteiger partial charge >= 0.3 is 6.18 Å². The molecule has 0 saturated heterocycles. The van der Waals surface area contributed by atoms with Gasteiger partial charge in [-0.25, -0.2) is 8.42 Å². The van der Waals surface area contributed by atoms with E-state index in [2.05, 4.69) is 5.32 Å². The number of rotatable bonds is 6. The van der Waals surface area contributed by atoms with Gasteiger partial charge in [0, 0.05) is 6.26 Å². The Labute approximate surface area is 110 Å². The van der Waals surface area contributed by atoms with Gasteiger partial charge in [-0.15, -0.1) is 0 Å². The lowest BCUT2D eigenvalue weighted by Gasteiger charge is -2.22. The molecule has 1 N–H and O–H groups in total. The van der Waals surface area contributed by atoms with Crippen molar-refractivity contribution in [2.45, 2.75) is 18.6 Å². The Morgan fingerprint density at radius 3 is 2.26 bits per heavy atom. The van der Waals surface area contributed by atoms with E-state index in [4.69, 9.17) is 0 Å². The largest absolute Gasteiger partial charge is 0.407 e. The minimum Gasteiger partial charge on any atom is -0.302 e. The molecule has 0 aliphatic heterocycles. The predicted octanol–water partition coefficient (Wildman–Crippen LogP) is 2.31. The van der Waals surface area contributed by atoms with E-state index in [1.165, 1.54) is 24.3 Å². The van der Waals surface area contributed by atoms with Crippen LogP contribution in [0.1, 0.15) is 18.0 Å². The molecule has 1 aromatic rings. The topological polar surface area (TPSA) is 46.2 Å². The minimum absolute atomic E-state index is 0.00780. The molecule has 3 nitrogen and oxygen atoms in total. The fourth-order valence-electron chi connectivity index (χ4n) is 1.65. The molecule has 19 heavy (non-hydrogen) atoms. The van der Waals surface area contributed by atoms with Gasteiger partial charge in [0.1, 0.15) is 15.9 Å². The lowest BCUT2D eigenvalue weighted by Crippen LogP contribution is -2.35. The number of hydrogen-bond donors (Lipinski definition) is 1. The van der Waals surface area contributed by atoms with Crippen molar-refractivity contribution in [3.63, 3.8) is 0 Å². The smallest absolute Gasteiger partial charge is 0.302 e. The molecule has 0 fully saturated rings. The second-order valence-corrected chi connectivity index (χ2v) is 6.58. The Morgan fingerprint density at radius 1 is 1.21 bits per heavy atom. The maximum atomic E-state index is 12.9. The summed E-state index contributed by atoms with van der Waals surface area (Å²) >= 11 is 0. The first kappa shape index (κ1) is 16.0. The van der Waals surface area contributed by atoms with E-state index in [-0.39, 0.29) is 24.3 Å². The summed E-state index contributed by atoms with van der Waals surface area (Å²) in [7, 11) is -3.14. The van der Waals surface area contributed by atoms with Crippen LogP contribution in [-0.2, 0) is 9.84 Å². The summed E-state index contributed by atoms with van der Waals surface area (Å²) in [6.07, 6.45) is -3.20. The molecule has 0 saturated carbocycles. The summed E-state index contributed by atoms with van der Waals surface area (Å²) in [5.74, 6) is -0.126. The van der Waals surface area contributed by atoms with E-state index >= 15 is 0 Å². The van der Waals surface area contributed by atoms with Gasteiger partial charge in [0.15, 0.2) is 0 Å². The fraction of sp³-hybridized carbons (Fsp3) is 0.500. The fourth-order valence-corrected chi connectivity index (χ4v) is 2.32. The molecule has 0 amide bonds. The van der Waals surface area contributed by atoms with Gasteiger partial charge in [0.2, 0.25) is 0 Å². The third-order valence-electron chi connectivity index (χ3n) is 2.50. The quantitative estimate of drug-likeness (QED) is 0.819. The van der Waals surface area contributed by atoms with Crippen LogP contribution in [0.4, 0.5) is 13.2 Å². The molecule has 0 radical (unpaired) electrons. The van der Waals surface area contributed by atoms with Crippen molar-refractivity contribution in [2.75, 3.05) is 18.6 Å². The molecule has 0 spiro atoms. The number of sulfone groups is 1. The number of hydrogen-bond acceptors (Lipinski definition) is 3. The van der Waals surface area contributed by atoms with Crippen LogP contribution in [0.2, 0.25) is 0 Å². The van der Waals surface area contributed by atoms with Crippen LogP contribution in [-0.4, -0.2) is 33.1 Å². The van der Waals surface area contributed by atoms with Crippen molar-refractivity contribution < 1.29 is 21.6 Å². The van der Waals surface area contributed by atoms with E-state index in [0.717, 1.165) is 6.26 Å². The van der Waals surface area contributed by atoms with Gasteiger partial charge < -0.3 is 5.32 Å². The standard InChI is InChI=1S/C12H16F3NO2S/c1-19(17,18)9-5-8-16-11(12(13,14)15)10-6-3-2-4-7-10/h2-4,6-7,11,16H,5,8-9H2,1H3. The average Bonchev–Trinajstić information content (AvgIpc) is 2.26. The number of halogens is 3. The van der Waals surface area contributed by atoms with Gasteiger partial charge in [-0.05, 0) is 18.5 Å². The van der Waals surface area contributed by atoms with Gasteiger partial charge in [0.25, 0.3) is 0 Å². The average molecular weight is 295 g/mol. The van der Waals surface area contributed by atoms with Crippen molar-refractivity contribution >= 4 is 9.84 Å². The maximum absolute atomic E-state index is 12.9. The Kier molecular flexibility index (Phi) is 5.37. The molecule has 1 aromatic carbocycles. The molecule has 0 bridgehead atoms. The summed E-state index contributed by atoms with van der Waals surface area (Å²) in [6, 6.07) is 5.72. The van der Waals surface area contributed by atoms with E-state index in [1.54, 1.807) is 6.07 Å². The van der Waals surface area contributed by atoms with E-state index in [9.17, 15) is 21.6 Å². The zero-order valence-corrected chi connectivity index (χ0v) is 11.3. The molecular formula is C12H16F3NO2S. The molecule has 108 valence electrons. The Morgan fingerprint density at radius 2 is 1.79 bits per heavy atom. The van der Waals surface area contributed by atoms with E-state index < -0.39 is 22.1 Å². The van der Waals surface area contributed by atoms with Crippen LogP contribution in [0.3, 0.4) is 0 Å². The van der Waals surface area contributed by atoms with Crippen molar-refractivity contribution in [1.82, 2.24) is 5.32 Å². The molecular weight excluding hydrogens is 279 g/mol. The van der Waals surface area contributed by atoms with E-state index in [1.807, 2.05) is 0 Å². The number of alkyl halides is 3. The highest BCUT2D eigenvalue weighted by Crippen LogP contribution is 2.32. The second-order valence-electron chi connectivity index (χ2n) is 4.32. The van der Waals surface area contributed by atoms with Gasteiger partial charge in [-0.1, -0.05) is 30.3 Å². The maximum Gasteiger partial charge on any atom is 0.407 e.